The van der Waals surface area contributed by atoms with Crippen molar-refractivity contribution in [2.75, 3.05) is 21.3 Å². The second kappa shape index (κ2) is 9.96. The highest BCUT2D eigenvalue weighted by atomic mass is 16.5. The van der Waals surface area contributed by atoms with Crippen molar-refractivity contribution >= 4 is 17.6 Å². The van der Waals surface area contributed by atoms with E-state index in [1.54, 1.807) is 12.1 Å². The predicted molar refractivity (Wildman–Crippen MR) is 103 cm³/mol. The number of rotatable bonds is 9. The van der Waals surface area contributed by atoms with Crippen molar-refractivity contribution in [2.45, 2.75) is 12.8 Å². The lowest BCUT2D eigenvalue weighted by Crippen LogP contribution is -2.21. The molecule has 0 radical (unpaired) electrons. The van der Waals surface area contributed by atoms with Crippen LogP contribution in [0.25, 0.3) is 0 Å². The Kier molecular flexibility index (Phi) is 7.38. The summed E-state index contributed by atoms with van der Waals surface area (Å²) in [5, 5.41) is 13.1. The van der Waals surface area contributed by atoms with Gasteiger partial charge in [0.25, 0.3) is 5.91 Å². The summed E-state index contributed by atoms with van der Waals surface area (Å²) >= 11 is 0. The van der Waals surface area contributed by atoms with Crippen LogP contribution in [0.5, 0.6) is 17.2 Å². The van der Waals surface area contributed by atoms with Gasteiger partial charge in [-0.3, -0.25) is 9.59 Å². The van der Waals surface area contributed by atoms with Gasteiger partial charge in [0.2, 0.25) is 5.75 Å². The fourth-order valence-electron chi connectivity index (χ4n) is 2.52. The molecule has 0 aliphatic heterocycles. The fourth-order valence-corrected chi connectivity index (χ4v) is 2.52. The summed E-state index contributed by atoms with van der Waals surface area (Å²) in [5.41, 5.74) is 3.91. The maximum absolute atomic E-state index is 12.6. The molecule has 0 fully saturated rings. The topological polar surface area (TPSA) is 106 Å². The smallest absolute Gasteiger partial charge is 0.303 e. The molecule has 0 aromatic heterocycles. The standard InChI is InChI=1S/C20H22N2O6/c1-26-16-11-14(12-17(27-2)19(16)28-3)20(25)22-21-15(9-10-18(23)24)13-7-5-4-6-8-13/h4-8,11-12H,9-10H2,1-3H3,(H,22,25)(H,23,24)/b21-15+. The molecule has 2 rings (SSSR count). The minimum Gasteiger partial charge on any atom is -0.493 e. The molecule has 0 heterocycles. The van der Waals surface area contributed by atoms with E-state index in [2.05, 4.69) is 10.5 Å². The third-order valence-electron chi connectivity index (χ3n) is 3.90. The summed E-state index contributed by atoms with van der Waals surface area (Å²) in [4.78, 5) is 23.5. The van der Waals surface area contributed by atoms with Gasteiger partial charge in [0.1, 0.15) is 0 Å². The lowest BCUT2D eigenvalue weighted by Gasteiger charge is -2.13. The Bertz CT molecular complexity index is 839. The van der Waals surface area contributed by atoms with Gasteiger partial charge in [-0.15, -0.1) is 0 Å². The highest BCUT2D eigenvalue weighted by molar-refractivity contribution is 6.03. The Balaban J connectivity index is 2.29. The molecule has 0 bridgehead atoms. The van der Waals surface area contributed by atoms with Crippen LogP contribution in [0.15, 0.2) is 47.6 Å². The summed E-state index contributed by atoms with van der Waals surface area (Å²) in [5.74, 6) is -0.394. The second-order valence-electron chi connectivity index (χ2n) is 5.67. The van der Waals surface area contributed by atoms with E-state index in [0.717, 1.165) is 5.56 Å². The number of ether oxygens (including phenoxy) is 3. The van der Waals surface area contributed by atoms with E-state index in [-0.39, 0.29) is 18.4 Å². The van der Waals surface area contributed by atoms with Crippen LogP contribution in [0.3, 0.4) is 0 Å². The van der Waals surface area contributed by atoms with Crippen LogP contribution in [-0.2, 0) is 4.79 Å². The van der Waals surface area contributed by atoms with Crippen LogP contribution in [0, 0.1) is 0 Å². The lowest BCUT2D eigenvalue weighted by atomic mass is 10.1. The van der Waals surface area contributed by atoms with Gasteiger partial charge in [-0.25, -0.2) is 5.43 Å². The van der Waals surface area contributed by atoms with Crippen molar-refractivity contribution in [3.63, 3.8) is 0 Å². The molecule has 148 valence electrons. The first-order valence-corrected chi connectivity index (χ1v) is 8.44. The highest BCUT2D eigenvalue weighted by Crippen LogP contribution is 2.38. The molecular formula is C20H22N2O6. The van der Waals surface area contributed by atoms with Crippen molar-refractivity contribution in [3.05, 3.63) is 53.6 Å². The van der Waals surface area contributed by atoms with Crippen molar-refractivity contribution in [1.82, 2.24) is 5.43 Å². The lowest BCUT2D eigenvalue weighted by molar-refractivity contribution is -0.136. The van der Waals surface area contributed by atoms with Crippen molar-refractivity contribution < 1.29 is 28.9 Å². The normalized spacial score (nSPS) is 10.9. The first kappa shape index (κ1) is 20.8. The fraction of sp³-hybridized carbons (Fsp3) is 0.250. The van der Waals surface area contributed by atoms with Gasteiger partial charge >= 0.3 is 5.97 Å². The van der Waals surface area contributed by atoms with E-state index in [0.29, 0.717) is 23.0 Å². The first-order valence-electron chi connectivity index (χ1n) is 8.44. The number of methoxy groups -OCH3 is 3. The molecule has 0 aliphatic rings. The average molecular weight is 386 g/mol. The number of carboxylic acid groups (broad SMARTS) is 1. The monoisotopic (exact) mass is 386 g/mol. The number of carbonyl (C=O) groups excluding carboxylic acids is 1. The molecule has 8 heteroatoms. The minimum absolute atomic E-state index is 0.103. The molecule has 0 saturated carbocycles. The molecule has 0 spiro atoms. The minimum atomic E-state index is -0.945. The number of hydrogen-bond donors (Lipinski definition) is 2. The van der Waals surface area contributed by atoms with Gasteiger partial charge in [-0.05, 0) is 17.7 Å². The van der Waals surface area contributed by atoms with Gasteiger partial charge in [-0.1, -0.05) is 30.3 Å². The first-order chi connectivity index (χ1) is 13.5. The number of hydrogen-bond acceptors (Lipinski definition) is 6. The van der Waals surface area contributed by atoms with Crippen LogP contribution >= 0.6 is 0 Å². The SMILES string of the molecule is COc1cc(C(=O)N/N=C(\CCC(=O)O)c2ccccc2)cc(OC)c1OC. The largest absolute Gasteiger partial charge is 0.493 e. The number of nitrogens with zero attached hydrogens (tertiary/aromatic N) is 1. The van der Waals surface area contributed by atoms with Crippen LogP contribution in [0.1, 0.15) is 28.8 Å². The van der Waals surface area contributed by atoms with Gasteiger partial charge in [0.05, 0.1) is 33.5 Å². The van der Waals surface area contributed by atoms with Crippen molar-refractivity contribution in [2.24, 2.45) is 5.10 Å². The zero-order chi connectivity index (χ0) is 20.5. The molecule has 2 aromatic carbocycles. The number of hydrazone groups is 1. The van der Waals surface area contributed by atoms with E-state index >= 15 is 0 Å². The Morgan fingerprint density at radius 1 is 0.929 bits per heavy atom. The second-order valence-corrected chi connectivity index (χ2v) is 5.67. The molecule has 2 N–H and O–H groups in total. The van der Waals surface area contributed by atoms with E-state index < -0.39 is 11.9 Å². The molecule has 0 atom stereocenters. The van der Waals surface area contributed by atoms with Crippen molar-refractivity contribution in [3.8, 4) is 17.2 Å². The quantitative estimate of drug-likeness (QED) is 0.507. The van der Waals surface area contributed by atoms with Gasteiger partial charge in [0, 0.05) is 12.0 Å². The third-order valence-corrected chi connectivity index (χ3v) is 3.90. The third kappa shape index (κ3) is 5.23. The Labute approximate surface area is 162 Å². The van der Waals surface area contributed by atoms with Crippen LogP contribution in [0.2, 0.25) is 0 Å². The predicted octanol–water partition coefficient (Wildman–Crippen LogP) is 2.71. The summed E-state index contributed by atoms with van der Waals surface area (Å²) in [7, 11) is 4.38. The van der Waals surface area contributed by atoms with Crippen LogP contribution in [0.4, 0.5) is 0 Å². The molecule has 28 heavy (non-hydrogen) atoms. The van der Waals surface area contributed by atoms with E-state index in [1.165, 1.54) is 33.5 Å². The Hall–Kier alpha value is -3.55. The zero-order valence-corrected chi connectivity index (χ0v) is 15.9. The van der Waals surface area contributed by atoms with Gasteiger partial charge in [-0.2, -0.15) is 5.10 Å². The highest BCUT2D eigenvalue weighted by Gasteiger charge is 2.17. The number of carboxylic acids is 1. The van der Waals surface area contributed by atoms with E-state index in [9.17, 15) is 9.59 Å². The molecule has 8 nitrogen and oxygen atoms in total. The molecule has 0 aliphatic carbocycles. The maximum Gasteiger partial charge on any atom is 0.303 e. The molecule has 0 unspecified atom stereocenters. The Morgan fingerprint density at radius 2 is 1.54 bits per heavy atom. The maximum atomic E-state index is 12.6. The summed E-state index contributed by atoms with van der Waals surface area (Å²) < 4.78 is 15.7. The average Bonchev–Trinajstić information content (AvgIpc) is 2.72. The number of aliphatic carboxylic acids is 1. The summed E-state index contributed by atoms with van der Waals surface area (Å²) in [6.45, 7) is 0. The van der Waals surface area contributed by atoms with Gasteiger partial charge < -0.3 is 19.3 Å². The summed E-state index contributed by atoms with van der Waals surface area (Å²) in [6.07, 6.45) is 0.0721. The van der Waals surface area contributed by atoms with Crippen molar-refractivity contribution in [1.29, 1.82) is 0 Å². The molecule has 0 saturated heterocycles. The number of amides is 1. The summed E-state index contributed by atoms with van der Waals surface area (Å²) in [6, 6.07) is 12.1. The van der Waals surface area contributed by atoms with Gasteiger partial charge in [0.15, 0.2) is 11.5 Å². The molecule has 2 aromatic rings. The number of nitrogens with one attached hydrogen (secondary N) is 1. The zero-order valence-electron chi connectivity index (χ0n) is 15.9. The van der Waals surface area contributed by atoms with Crippen LogP contribution in [-0.4, -0.2) is 44.0 Å². The molecule has 1 amide bonds. The number of carbonyl (C=O) groups is 2. The van der Waals surface area contributed by atoms with E-state index in [4.69, 9.17) is 19.3 Å². The molecular weight excluding hydrogens is 364 g/mol. The number of benzene rings is 2. The van der Waals surface area contributed by atoms with E-state index in [1.807, 2.05) is 18.2 Å². The Morgan fingerprint density at radius 3 is 2.04 bits per heavy atom. The van der Waals surface area contributed by atoms with Crippen LogP contribution < -0.4 is 19.6 Å².